The maximum absolute atomic E-state index is 11.6. The van der Waals surface area contributed by atoms with Gasteiger partial charge in [-0.2, -0.15) is 0 Å². The molecule has 2 unspecified atom stereocenters. The van der Waals surface area contributed by atoms with Crippen LogP contribution in [-0.4, -0.2) is 53.1 Å². The van der Waals surface area contributed by atoms with E-state index in [2.05, 4.69) is 23.6 Å². The molecule has 0 spiro atoms. The molecule has 0 radical (unpaired) electrons. The zero-order valence-electron chi connectivity index (χ0n) is 11.6. The predicted molar refractivity (Wildman–Crippen MR) is 77.6 cm³/mol. The molecule has 2 atom stereocenters. The number of thiophene rings is 1. The van der Waals surface area contributed by atoms with E-state index in [0.717, 1.165) is 37.5 Å². The molecule has 2 rings (SSSR count). The molecular weight excluding hydrogens is 260 g/mol. The fraction of sp³-hybridized carbons (Fsp3) is 0.643. The van der Waals surface area contributed by atoms with Crippen molar-refractivity contribution in [2.24, 2.45) is 0 Å². The lowest BCUT2D eigenvalue weighted by atomic mass is 10.1. The van der Waals surface area contributed by atoms with Gasteiger partial charge in [-0.3, -0.25) is 14.6 Å². The number of hydrogen-bond donors (Lipinski definition) is 1. The van der Waals surface area contributed by atoms with E-state index in [9.17, 15) is 9.90 Å². The summed E-state index contributed by atoms with van der Waals surface area (Å²) in [4.78, 5) is 17.1. The average molecular weight is 282 g/mol. The number of carbonyl (C=O) groups is 1. The molecule has 1 aliphatic rings. The van der Waals surface area contributed by atoms with Crippen molar-refractivity contribution in [3.8, 4) is 0 Å². The third-order valence-corrected chi connectivity index (χ3v) is 4.85. The minimum atomic E-state index is -0.734. The van der Waals surface area contributed by atoms with E-state index in [4.69, 9.17) is 0 Å². The number of likely N-dealkylation sites (N-methyl/N-ethyl adjacent to an activating group) is 1. The first kappa shape index (κ1) is 14.5. The second kappa shape index (κ2) is 6.50. The molecule has 1 aliphatic heterocycles. The molecule has 0 aliphatic carbocycles. The quantitative estimate of drug-likeness (QED) is 0.900. The lowest BCUT2D eigenvalue weighted by molar-refractivity contribution is -0.144. The van der Waals surface area contributed by atoms with Gasteiger partial charge >= 0.3 is 5.97 Å². The summed E-state index contributed by atoms with van der Waals surface area (Å²) in [6.45, 7) is 8.04. The van der Waals surface area contributed by atoms with Crippen LogP contribution in [0.4, 0.5) is 0 Å². The van der Waals surface area contributed by atoms with Crippen molar-refractivity contribution in [2.45, 2.75) is 32.4 Å². The van der Waals surface area contributed by atoms with Crippen LogP contribution in [0.15, 0.2) is 17.5 Å². The van der Waals surface area contributed by atoms with Crippen molar-refractivity contribution >= 4 is 17.3 Å². The van der Waals surface area contributed by atoms with Crippen molar-refractivity contribution in [3.05, 3.63) is 22.4 Å². The van der Waals surface area contributed by atoms with E-state index in [1.165, 1.54) is 11.3 Å². The van der Waals surface area contributed by atoms with Crippen LogP contribution in [0, 0.1) is 0 Å². The topological polar surface area (TPSA) is 43.8 Å². The van der Waals surface area contributed by atoms with Crippen LogP contribution in [0.1, 0.15) is 31.2 Å². The zero-order valence-corrected chi connectivity index (χ0v) is 12.4. The Hall–Kier alpha value is -0.910. The monoisotopic (exact) mass is 282 g/mol. The van der Waals surface area contributed by atoms with Crippen molar-refractivity contribution in [1.29, 1.82) is 0 Å². The summed E-state index contributed by atoms with van der Waals surface area (Å²) >= 11 is 1.53. The molecule has 0 bridgehead atoms. The largest absolute Gasteiger partial charge is 0.480 e. The van der Waals surface area contributed by atoms with Gasteiger partial charge in [-0.25, -0.2) is 0 Å². The van der Waals surface area contributed by atoms with Gasteiger partial charge < -0.3 is 5.11 Å². The molecule has 1 saturated heterocycles. The molecule has 106 valence electrons. The Kier molecular flexibility index (Phi) is 4.96. The molecule has 1 aromatic rings. The number of piperazine rings is 1. The Morgan fingerprint density at radius 1 is 1.53 bits per heavy atom. The van der Waals surface area contributed by atoms with Crippen molar-refractivity contribution in [1.82, 2.24) is 9.80 Å². The SMILES string of the molecule is CCC1CN(C(C(=O)O)c2cccs2)CCN1CC. The fourth-order valence-electron chi connectivity index (χ4n) is 2.86. The molecule has 4 nitrogen and oxygen atoms in total. The molecule has 1 N–H and O–H groups in total. The molecule has 1 aromatic heterocycles. The summed E-state index contributed by atoms with van der Waals surface area (Å²) < 4.78 is 0. The number of nitrogens with zero attached hydrogens (tertiary/aromatic N) is 2. The normalized spacial score (nSPS) is 23.4. The van der Waals surface area contributed by atoms with E-state index >= 15 is 0 Å². The van der Waals surface area contributed by atoms with E-state index in [-0.39, 0.29) is 0 Å². The van der Waals surface area contributed by atoms with Gasteiger partial charge in [0.15, 0.2) is 0 Å². The average Bonchev–Trinajstić information content (AvgIpc) is 2.92. The highest BCUT2D eigenvalue weighted by Gasteiger charge is 2.34. The molecule has 1 fully saturated rings. The smallest absolute Gasteiger partial charge is 0.326 e. The predicted octanol–water partition coefficient (Wildman–Crippen LogP) is 2.29. The number of carboxylic acids is 1. The van der Waals surface area contributed by atoms with Crippen molar-refractivity contribution in [2.75, 3.05) is 26.2 Å². The number of hydrogen-bond acceptors (Lipinski definition) is 4. The molecular formula is C14H22N2O2S. The first-order chi connectivity index (χ1) is 9.17. The second-order valence-corrected chi connectivity index (χ2v) is 5.92. The third-order valence-electron chi connectivity index (χ3n) is 3.93. The number of rotatable bonds is 5. The van der Waals surface area contributed by atoms with Gasteiger partial charge in [0.25, 0.3) is 0 Å². The van der Waals surface area contributed by atoms with Crippen molar-refractivity contribution < 1.29 is 9.90 Å². The zero-order chi connectivity index (χ0) is 13.8. The highest BCUT2D eigenvalue weighted by atomic mass is 32.1. The summed E-state index contributed by atoms with van der Waals surface area (Å²) in [6, 6.07) is 3.85. The van der Waals surface area contributed by atoms with E-state index in [1.807, 2.05) is 17.5 Å². The first-order valence-corrected chi connectivity index (χ1v) is 7.79. The number of carboxylic acid groups (broad SMARTS) is 1. The summed E-state index contributed by atoms with van der Waals surface area (Å²) in [5.41, 5.74) is 0. The third kappa shape index (κ3) is 3.16. The van der Waals surface area contributed by atoms with Crippen LogP contribution in [0.5, 0.6) is 0 Å². The minimum absolute atomic E-state index is 0.473. The van der Waals surface area contributed by atoms with Crippen LogP contribution in [0.2, 0.25) is 0 Å². The van der Waals surface area contributed by atoms with Crippen LogP contribution < -0.4 is 0 Å². The summed E-state index contributed by atoms with van der Waals surface area (Å²) in [5.74, 6) is -0.734. The Morgan fingerprint density at radius 2 is 2.32 bits per heavy atom. The van der Waals surface area contributed by atoms with Gasteiger partial charge in [-0.1, -0.05) is 19.9 Å². The first-order valence-electron chi connectivity index (χ1n) is 6.91. The van der Waals surface area contributed by atoms with Crippen LogP contribution in [-0.2, 0) is 4.79 Å². The maximum atomic E-state index is 11.6. The number of aliphatic carboxylic acids is 1. The minimum Gasteiger partial charge on any atom is -0.480 e. The van der Waals surface area contributed by atoms with E-state index < -0.39 is 12.0 Å². The molecule has 0 amide bonds. The lowest BCUT2D eigenvalue weighted by Gasteiger charge is -2.42. The Balaban J connectivity index is 2.13. The molecule has 5 heteroatoms. The highest BCUT2D eigenvalue weighted by molar-refractivity contribution is 7.10. The van der Waals surface area contributed by atoms with E-state index in [1.54, 1.807) is 0 Å². The highest BCUT2D eigenvalue weighted by Crippen LogP contribution is 2.28. The van der Waals surface area contributed by atoms with Gasteiger partial charge in [-0.05, 0) is 24.4 Å². The second-order valence-electron chi connectivity index (χ2n) is 4.94. The molecule has 2 heterocycles. The Morgan fingerprint density at radius 3 is 2.84 bits per heavy atom. The maximum Gasteiger partial charge on any atom is 0.326 e. The van der Waals surface area contributed by atoms with Gasteiger partial charge in [-0.15, -0.1) is 11.3 Å². The van der Waals surface area contributed by atoms with Gasteiger partial charge in [0.05, 0.1) is 0 Å². The van der Waals surface area contributed by atoms with Crippen LogP contribution >= 0.6 is 11.3 Å². The molecule has 0 saturated carbocycles. The fourth-order valence-corrected chi connectivity index (χ4v) is 3.71. The molecule has 19 heavy (non-hydrogen) atoms. The van der Waals surface area contributed by atoms with Gasteiger partial charge in [0.2, 0.25) is 0 Å². The lowest BCUT2D eigenvalue weighted by Crippen LogP contribution is -2.54. The summed E-state index contributed by atoms with van der Waals surface area (Å²) in [6.07, 6.45) is 1.07. The van der Waals surface area contributed by atoms with Gasteiger partial charge in [0.1, 0.15) is 6.04 Å². The Labute approximate surface area is 118 Å². The van der Waals surface area contributed by atoms with Crippen LogP contribution in [0.25, 0.3) is 0 Å². The molecule has 0 aromatic carbocycles. The van der Waals surface area contributed by atoms with Gasteiger partial charge in [0, 0.05) is 30.6 Å². The van der Waals surface area contributed by atoms with Crippen molar-refractivity contribution in [3.63, 3.8) is 0 Å². The Bertz CT molecular complexity index is 408. The van der Waals surface area contributed by atoms with E-state index in [0.29, 0.717) is 6.04 Å². The summed E-state index contributed by atoms with van der Waals surface area (Å²) in [7, 11) is 0. The van der Waals surface area contributed by atoms with Crippen LogP contribution in [0.3, 0.4) is 0 Å². The summed E-state index contributed by atoms with van der Waals surface area (Å²) in [5, 5.41) is 11.5. The standard InChI is InChI=1S/C14H22N2O2S/c1-3-11-10-16(8-7-15(11)4-2)13(14(17)18)12-6-5-9-19-12/h5-6,9,11,13H,3-4,7-8,10H2,1-2H3,(H,17,18).